The molecule has 0 unspecified atom stereocenters. The highest BCUT2D eigenvalue weighted by Crippen LogP contribution is 2.13. The van der Waals surface area contributed by atoms with Crippen molar-refractivity contribution in [2.75, 3.05) is 13.1 Å². The summed E-state index contributed by atoms with van der Waals surface area (Å²) in [5, 5.41) is 11.4. The van der Waals surface area contributed by atoms with E-state index < -0.39 is 18.0 Å². The zero-order valence-corrected chi connectivity index (χ0v) is 13.8. The number of urea groups is 1. The zero-order valence-electron chi connectivity index (χ0n) is 13.8. The van der Waals surface area contributed by atoms with Crippen molar-refractivity contribution in [1.82, 2.24) is 30.6 Å². The molecule has 1 aromatic heterocycles. The third-order valence-electron chi connectivity index (χ3n) is 4.39. The van der Waals surface area contributed by atoms with Gasteiger partial charge in [0.2, 0.25) is 5.91 Å². The molecule has 5 amide bonds. The maximum absolute atomic E-state index is 12.3. The molecule has 10 heteroatoms. The van der Waals surface area contributed by atoms with Crippen LogP contribution in [0, 0.1) is 0 Å². The molecule has 2 saturated heterocycles. The molecule has 2 aliphatic heterocycles. The number of hydrogen-bond donors (Lipinski definition) is 3. The molecule has 2 aliphatic rings. The lowest BCUT2D eigenvalue weighted by atomic mass is 10.0. The van der Waals surface area contributed by atoms with Gasteiger partial charge in [-0.15, -0.1) is 0 Å². The van der Waals surface area contributed by atoms with E-state index >= 15 is 0 Å². The largest absolute Gasteiger partial charge is 0.349 e. The first-order chi connectivity index (χ1) is 11.9. The fraction of sp³-hybridized carbons (Fsp3) is 0.533. The van der Waals surface area contributed by atoms with Crippen molar-refractivity contribution in [3.8, 4) is 0 Å². The van der Waals surface area contributed by atoms with Crippen LogP contribution in [0.2, 0.25) is 0 Å². The first kappa shape index (κ1) is 16.9. The second kappa shape index (κ2) is 6.91. The average molecular weight is 348 g/mol. The number of aryl methyl sites for hydroxylation is 1. The molecule has 0 aromatic carbocycles. The van der Waals surface area contributed by atoms with Crippen molar-refractivity contribution in [1.29, 1.82) is 0 Å². The molecular formula is C15H20N6O4. The summed E-state index contributed by atoms with van der Waals surface area (Å²) in [5.74, 6) is -0.834. The van der Waals surface area contributed by atoms with E-state index in [1.165, 1.54) is 6.20 Å². The number of hydrogen-bond acceptors (Lipinski definition) is 5. The summed E-state index contributed by atoms with van der Waals surface area (Å²) in [7, 11) is 1.74. The Bertz CT molecular complexity index is 707. The number of nitrogens with one attached hydrogen (secondary N) is 3. The molecule has 0 aliphatic carbocycles. The van der Waals surface area contributed by atoms with E-state index in [0.717, 1.165) is 0 Å². The predicted octanol–water partition coefficient (Wildman–Crippen LogP) is -1.26. The molecule has 1 aromatic rings. The van der Waals surface area contributed by atoms with Gasteiger partial charge in [0.1, 0.15) is 6.04 Å². The Balaban J connectivity index is 1.45. The first-order valence-electron chi connectivity index (χ1n) is 8.11. The quantitative estimate of drug-likeness (QED) is 0.586. The van der Waals surface area contributed by atoms with Crippen LogP contribution in [-0.2, 0) is 16.6 Å². The van der Waals surface area contributed by atoms with Gasteiger partial charge in [-0.3, -0.25) is 24.4 Å². The standard InChI is InChI=1S/C15H20N6O4/c1-20-8-9(7-16-20)13(23)17-10-2-4-21(5-3-10)12(22)6-11-14(24)19-15(25)18-11/h7-8,10-11H,2-6H2,1H3,(H,17,23)(H2,18,19,24,25)/t11-/m0/s1. The number of rotatable bonds is 4. The summed E-state index contributed by atoms with van der Waals surface area (Å²) in [6.07, 6.45) is 4.38. The number of likely N-dealkylation sites (tertiary alicyclic amines) is 1. The lowest BCUT2D eigenvalue weighted by molar-refractivity contribution is -0.134. The molecule has 0 spiro atoms. The molecule has 0 bridgehead atoms. The Morgan fingerprint density at radius 1 is 1.32 bits per heavy atom. The van der Waals surface area contributed by atoms with E-state index in [2.05, 4.69) is 21.0 Å². The zero-order chi connectivity index (χ0) is 18.0. The van der Waals surface area contributed by atoms with Crippen LogP contribution >= 0.6 is 0 Å². The second-order valence-corrected chi connectivity index (χ2v) is 6.25. The summed E-state index contributed by atoms with van der Waals surface area (Å²) in [4.78, 5) is 48.6. The lowest BCUT2D eigenvalue weighted by Crippen LogP contribution is -2.48. The summed E-state index contributed by atoms with van der Waals surface area (Å²) < 4.78 is 1.56. The van der Waals surface area contributed by atoms with Gasteiger partial charge in [-0.05, 0) is 12.8 Å². The number of aromatic nitrogens is 2. The van der Waals surface area contributed by atoms with E-state index in [-0.39, 0.29) is 24.3 Å². The number of amides is 5. The van der Waals surface area contributed by atoms with Crippen LogP contribution in [0.1, 0.15) is 29.6 Å². The fourth-order valence-corrected chi connectivity index (χ4v) is 2.99. The van der Waals surface area contributed by atoms with Gasteiger partial charge in [-0.1, -0.05) is 0 Å². The molecule has 134 valence electrons. The maximum Gasteiger partial charge on any atom is 0.322 e. The molecule has 3 N–H and O–H groups in total. The summed E-state index contributed by atoms with van der Waals surface area (Å²) in [5.41, 5.74) is 0.504. The van der Waals surface area contributed by atoms with Crippen molar-refractivity contribution in [3.63, 3.8) is 0 Å². The highest BCUT2D eigenvalue weighted by atomic mass is 16.2. The molecular weight excluding hydrogens is 328 g/mol. The van der Waals surface area contributed by atoms with E-state index in [1.54, 1.807) is 22.8 Å². The number of nitrogens with zero attached hydrogens (tertiary/aromatic N) is 3. The van der Waals surface area contributed by atoms with Gasteiger partial charge in [0.25, 0.3) is 11.8 Å². The molecule has 25 heavy (non-hydrogen) atoms. The molecule has 0 radical (unpaired) electrons. The Morgan fingerprint density at radius 2 is 2.04 bits per heavy atom. The summed E-state index contributed by atoms with van der Waals surface area (Å²) >= 11 is 0. The van der Waals surface area contributed by atoms with Crippen molar-refractivity contribution in [2.45, 2.75) is 31.3 Å². The number of carbonyl (C=O) groups excluding carboxylic acids is 4. The Kier molecular flexibility index (Phi) is 4.68. The minimum atomic E-state index is -0.803. The lowest BCUT2D eigenvalue weighted by Gasteiger charge is -2.32. The van der Waals surface area contributed by atoms with E-state index in [0.29, 0.717) is 31.5 Å². The first-order valence-corrected chi connectivity index (χ1v) is 8.11. The maximum atomic E-state index is 12.3. The molecule has 10 nitrogen and oxygen atoms in total. The van der Waals surface area contributed by atoms with Crippen LogP contribution in [0.25, 0.3) is 0 Å². The monoisotopic (exact) mass is 348 g/mol. The molecule has 3 heterocycles. The van der Waals surface area contributed by atoms with Gasteiger partial charge in [0, 0.05) is 32.4 Å². The van der Waals surface area contributed by atoms with Gasteiger partial charge in [-0.25, -0.2) is 4.79 Å². The predicted molar refractivity (Wildman–Crippen MR) is 85.4 cm³/mol. The fourth-order valence-electron chi connectivity index (χ4n) is 2.99. The van der Waals surface area contributed by atoms with Gasteiger partial charge in [-0.2, -0.15) is 5.10 Å². The van der Waals surface area contributed by atoms with E-state index in [4.69, 9.17) is 0 Å². The van der Waals surface area contributed by atoms with Gasteiger partial charge >= 0.3 is 6.03 Å². The molecule has 2 fully saturated rings. The van der Waals surface area contributed by atoms with E-state index in [1.807, 2.05) is 0 Å². The second-order valence-electron chi connectivity index (χ2n) is 6.25. The van der Waals surface area contributed by atoms with Crippen LogP contribution in [-0.4, -0.2) is 63.6 Å². The van der Waals surface area contributed by atoms with Crippen molar-refractivity contribution in [3.05, 3.63) is 18.0 Å². The van der Waals surface area contributed by atoms with Gasteiger partial charge in [0.15, 0.2) is 0 Å². The smallest absolute Gasteiger partial charge is 0.322 e. The number of carbonyl (C=O) groups is 4. The van der Waals surface area contributed by atoms with Crippen LogP contribution in [0.3, 0.4) is 0 Å². The van der Waals surface area contributed by atoms with Crippen molar-refractivity contribution < 1.29 is 19.2 Å². The Labute approximate surface area is 143 Å². The third-order valence-corrected chi connectivity index (χ3v) is 4.39. The normalized spacial score (nSPS) is 21.0. The van der Waals surface area contributed by atoms with Crippen molar-refractivity contribution >= 4 is 23.8 Å². The van der Waals surface area contributed by atoms with Crippen LogP contribution in [0.4, 0.5) is 4.79 Å². The molecule has 0 saturated carbocycles. The minimum Gasteiger partial charge on any atom is -0.349 e. The van der Waals surface area contributed by atoms with Gasteiger partial charge < -0.3 is 15.5 Å². The number of piperidine rings is 1. The third kappa shape index (κ3) is 3.95. The van der Waals surface area contributed by atoms with Crippen molar-refractivity contribution in [2.24, 2.45) is 7.05 Å². The minimum absolute atomic E-state index is 0.00811. The van der Waals surface area contributed by atoms with Crippen LogP contribution in [0.15, 0.2) is 12.4 Å². The van der Waals surface area contributed by atoms with Crippen LogP contribution < -0.4 is 16.0 Å². The number of imide groups is 1. The summed E-state index contributed by atoms with van der Waals surface area (Å²) in [6, 6.07) is -1.38. The molecule has 1 atom stereocenters. The average Bonchev–Trinajstić information content (AvgIpc) is 3.13. The van der Waals surface area contributed by atoms with E-state index in [9.17, 15) is 19.2 Å². The van der Waals surface area contributed by atoms with Crippen LogP contribution in [0.5, 0.6) is 0 Å². The SMILES string of the molecule is Cn1cc(C(=O)NC2CCN(C(=O)C[C@@H]3NC(=O)NC3=O)CC2)cn1. The highest BCUT2D eigenvalue weighted by molar-refractivity contribution is 6.05. The molecule has 3 rings (SSSR count). The Hall–Kier alpha value is -2.91. The summed E-state index contributed by atoms with van der Waals surface area (Å²) in [6.45, 7) is 0.998. The highest BCUT2D eigenvalue weighted by Gasteiger charge is 2.33. The van der Waals surface area contributed by atoms with Gasteiger partial charge in [0.05, 0.1) is 18.2 Å². The topological polar surface area (TPSA) is 125 Å². The Morgan fingerprint density at radius 3 is 2.60 bits per heavy atom.